The molecule has 6 heteroatoms. The number of halogens is 1. The van der Waals surface area contributed by atoms with Crippen molar-refractivity contribution in [2.45, 2.75) is 18.3 Å². The van der Waals surface area contributed by atoms with Gasteiger partial charge in [0.15, 0.2) is 0 Å². The highest BCUT2D eigenvalue weighted by Gasteiger charge is 2.41. The van der Waals surface area contributed by atoms with E-state index >= 15 is 0 Å². The second-order valence-electron chi connectivity index (χ2n) is 6.12. The van der Waals surface area contributed by atoms with Gasteiger partial charge in [-0.2, -0.15) is 0 Å². The minimum absolute atomic E-state index is 0.282. The number of aromatic nitrogens is 3. The van der Waals surface area contributed by atoms with Crippen LogP contribution in [0.2, 0.25) is 0 Å². The molecule has 0 N–H and O–H groups in total. The van der Waals surface area contributed by atoms with E-state index in [-0.39, 0.29) is 5.41 Å². The zero-order chi connectivity index (χ0) is 16.6. The molecule has 124 valence electrons. The Labute approximate surface area is 148 Å². The van der Waals surface area contributed by atoms with Crippen LogP contribution in [0.4, 0.5) is 0 Å². The van der Waals surface area contributed by atoms with Gasteiger partial charge in [0.25, 0.3) is 5.89 Å². The fraction of sp³-hybridized carbons (Fsp3) is 0.333. The van der Waals surface area contributed by atoms with Crippen LogP contribution < -0.4 is 0 Å². The number of aryl methyl sites for hydroxylation is 1. The highest BCUT2D eigenvalue weighted by atomic mass is 79.9. The van der Waals surface area contributed by atoms with Crippen molar-refractivity contribution in [3.05, 3.63) is 58.5 Å². The molecule has 4 rings (SSSR count). The molecule has 3 heterocycles. The van der Waals surface area contributed by atoms with Crippen molar-refractivity contribution in [1.29, 1.82) is 0 Å². The van der Waals surface area contributed by atoms with E-state index in [0.717, 1.165) is 23.0 Å². The molecule has 0 aliphatic carbocycles. The Morgan fingerprint density at radius 3 is 2.50 bits per heavy atom. The Morgan fingerprint density at radius 2 is 1.83 bits per heavy atom. The summed E-state index contributed by atoms with van der Waals surface area (Å²) in [6.45, 7) is 1.38. The molecule has 0 amide bonds. The lowest BCUT2D eigenvalue weighted by Gasteiger charge is -2.34. The Hall–Kier alpha value is -1.92. The number of rotatable bonds is 3. The van der Waals surface area contributed by atoms with Crippen LogP contribution in [0.15, 0.2) is 51.5 Å². The first-order valence-corrected chi connectivity index (χ1v) is 8.78. The quantitative estimate of drug-likeness (QED) is 0.682. The van der Waals surface area contributed by atoms with Crippen LogP contribution in [0.3, 0.4) is 0 Å². The highest BCUT2D eigenvalue weighted by molar-refractivity contribution is 9.10. The maximum absolute atomic E-state index is 6.13. The molecule has 2 aromatic heterocycles. The molecule has 0 saturated carbocycles. The Morgan fingerprint density at radius 1 is 1.08 bits per heavy atom. The molecule has 0 spiro atoms. The summed E-state index contributed by atoms with van der Waals surface area (Å²) in [4.78, 5) is 0. The van der Waals surface area contributed by atoms with Crippen molar-refractivity contribution in [1.82, 2.24) is 14.8 Å². The monoisotopic (exact) mass is 387 g/mol. The first kappa shape index (κ1) is 15.6. The smallest absolute Gasteiger partial charge is 0.264 e. The van der Waals surface area contributed by atoms with Crippen LogP contribution in [0, 0.1) is 0 Å². The van der Waals surface area contributed by atoms with Crippen molar-refractivity contribution in [2.24, 2.45) is 7.05 Å². The van der Waals surface area contributed by atoms with E-state index in [1.54, 1.807) is 0 Å². The van der Waals surface area contributed by atoms with Gasteiger partial charge in [0.05, 0.1) is 5.41 Å². The molecular formula is C18H18BrN3O2. The van der Waals surface area contributed by atoms with E-state index in [4.69, 9.17) is 9.15 Å². The molecule has 1 aliphatic heterocycles. The molecule has 0 radical (unpaired) electrons. The normalized spacial score (nSPS) is 17.1. The number of hydrogen-bond donors (Lipinski definition) is 0. The standard InChI is InChI=1S/C18H18BrN3O2/c1-22-10-2-3-15(22)16-20-21-17(24-16)18(8-11-23-12-9-18)13-4-6-14(19)7-5-13/h2-7,10H,8-9,11-12H2,1H3. The van der Waals surface area contributed by atoms with Gasteiger partial charge in [-0.1, -0.05) is 28.1 Å². The Kier molecular flexibility index (Phi) is 4.02. The van der Waals surface area contributed by atoms with Gasteiger partial charge in [0.1, 0.15) is 5.69 Å². The van der Waals surface area contributed by atoms with Gasteiger partial charge in [-0.25, -0.2) is 0 Å². The van der Waals surface area contributed by atoms with Crippen LogP contribution >= 0.6 is 15.9 Å². The zero-order valence-corrected chi connectivity index (χ0v) is 15.0. The van der Waals surface area contributed by atoms with E-state index < -0.39 is 0 Å². The van der Waals surface area contributed by atoms with Crippen molar-refractivity contribution < 1.29 is 9.15 Å². The Balaban J connectivity index is 1.79. The van der Waals surface area contributed by atoms with Crippen molar-refractivity contribution in [2.75, 3.05) is 13.2 Å². The van der Waals surface area contributed by atoms with Gasteiger partial charge in [-0.3, -0.25) is 0 Å². The molecule has 1 aromatic carbocycles. The molecular weight excluding hydrogens is 370 g/mol. The van der Waals surface area contributed by atoms with Crippen LogP contribution in [0.25, 0.3) is 11.6 Å². The Bertz CT molecular complexity index is 832. The van der Waals surface area contributed by atoms with Gasteiger partial charge in [-0.15, -0.1) is 10.2 Å². The van der Waals surface area contributed by atoms with E-state index in [1.165, 1.54) is 5.56 Å². The van der Waals surface area contributed by atoms with Crippen molar-refractivity contribution in [3.63, 3.8) is 0 Å². The van der Waals surface area contributed by atoms with E-state index in [2.05, 4.69) is 50.4 Å². The van der Waals surface area contributed by atoms with Crippen LogP contribution in [-0.2, 0) is 17.2 Å². The summed E-state index contributed by atoms with van der Waals surface area (Å²) in [6.07, 6.45) is 3.64. The maximum Gasteiger partial charge on any atom is 0.264 e. The average Bonchev–Trinajstić information content (AvgIpc) is 3.25. The number of ether oxygens (including phenoxy) is 1. The lowest BCUT2D eigenvalue weighted by molar-refractivity contribution is 0.0546. The molecule has 5 nitrogen and oxygen atoms in total. The zero-order valence-electron chi connectivity index (χ0n) is 13.4. The van der Waals surface area contributed by atoms with E-state index in [0.29, 0.717) is 25.0 Å². The largest absolute Gasteiger partial charge is 0.418 e. The van der Waals surface area contributed by atoms with Gasteiger partial charge in [0.2, 0.25) is 5.89 Å². The summed E-state index contributed by atoms with van der Waals surface area (Å²) in [7, 11) is 1.97. The SMILES string of the molecule is Cn1cccc1-c1nnc(C2(c3ccc(Br)cc3)CCOCC2)o1. The molecule has 1 saturated heterocycles. The fourth-order valence-electron chi connectivity index (χ4n) is 3.32. The molecule has 0 atom stereocenters. The summed E-state index contributed by atoms with van der Waals surface area (Å²) < 4.78 is 14.8. The molecule has 1 aliphatic rings. The van der Waals surface area contributed by atoms with Crippen LogP contribution in [-0.4, -0.2) is 28.0 Å². The number of hydrogen-bond acceptors (Lipinski definition) is 4. The maximum atomic E-state index is 6.13. The molecule has 0 unspecified atom stereocenters. The topological polar surface area (TPSA) is 53.1 Å². The summed E-state index contributed by atoms with van der Waals surface area (Å²) in [6, 6.07) is 12.3. The second-order valence-corrected chi connectivity index (χ2v) is 7.03. The minimum Gasteiger partial charge on any atom is -0.418 e. The van der Waals surface area contributed by atoms with Gasteiger partial charge < -0.3 is 13.7 Å². The summed E-state index contributed by atoms with van der Waals surface area (Å²) in [5.74, 6) is 1.23. The summed E-state index contributed by atoms with van der Waals surface area (Å²) >= 11 is 3.50. The summed E-state index contributed by atoms with van der Waals surface area (Å²) in [5.41, 5.74) is 1.83. The fourth-order valence-corrected chi connectivity index (χ4v) is 3.58. The highest BCUT2D eigenvalue weighted by Crippen LogP contribution is 2.41. The molecule has 24 heavy (non-hydrogen) atoms. The van der Waals surface area contributed by atoms with Crippen molar-refractivity contribution in [3.8, 4) is 11.6 Å². The predicted octanol–water partition coefficient (Wildman–Crippen LogP) is 3.93. The lowest BCUT2D eigenvalue weighted by Crippen LogP contribution is -2.35. The third-order valence-corrected chi connectivity index (χ3v) is 5.27. The lowest BCUT2D eigenvalue weighted by atomic mass is 9.74. The third-order valence-electron chi connectivity index (χ3n) is 4.74. The molecule has 3 aromatic rings. The van der Waals surface area contributed by atoms with Crippen LogP contribution in [0.5, 0.6) is 0 Å². The first-order chi connectivity index (χ1) is 11.7. The first-order valence-electron chi connectivity index (χ1n) is 7.98. The van der Waals surface area contributed by atoms with Crippen LogP contribution in [0.1, 0.15) is 24.3 Å². The van der Waals surface area contributed by atoms with Gasteiger partial charge >= 0.3 is 0 Å². The van der Waals surface area contributed by atoms with Gasteiger partial charge in [0, 0.05) is 30.9 Å². The molecule has 1 fully saturated rings. The third kappa shape index (κ3) is 2.59. The predicted molar refractivity (Wildman–Crippen MR) is 93.7 cm³/mol. The molecule has 0 bridgehead atoms. The summed E-state index contributed by atoms with van der Waals surface area (Å²) in [5, 5.41) is 8.71. The van der Waals surface area contributed by atoms with E-state index in [9.17, 15) is 0 Å². The minimum atomic E-state index is -0.282. The van der Waals surface area contributed by atoms with Gasteiger partial charge in [-0.05, 0) is 42.7 Å². The van der Waals surface area contributed by atoms with Crippen molar-refractivity contribution >= 4 is 15.9 Å². The average molecular weight is 388 g/mol. The second kappa shape index (κ2) is 6.18. The number of benzene rings is 1. The number of nitrogens with zero attached hydrogens (tertiary/aromatic N) is 3. The van der Waals surface area contributed by atoms with E-state index in [1.807, 2.05) is 29.9 Å².